The summed E-state index contributed by atoms with van der Waals surface area (Å²) in [5.74, 6) is -1.15. The SMILES string of the molecule is CC(Sc1ccc(C(=O)N(C)C)nn1)C(=O)O. The van der Waals surface area contributed by atoms with Crippen LogP contribution in [0.1, 0.15) is 17.4 Å². The maximum Gasteiger partial charge on any atom is 0.316 e. The molecule has 0 fully saturated rings. The molecule has 0 aromatic carbocycles. The molecule has 0 aliphatic heterocycles. The van der Waals surface area contributed by atoms with Crippen LogP contribution in [0.2, 0.25) is 0 Å². The minimum absolute atomic E-state index is 0.236. The predicted octanol–water partition coefficient (Wildman–Crippen LogP) is 0.744. The van der Waals surface area contributed by atoms with Crippen molar-refractivity contribution in [3.8, 4) is 0 Å². The number of carbonyl (C=O) groups excluding carboxylic acids is 1. The number of carbonyl (C=O) groups is 2. The fourth-order valence-corrected chi connectivity index (χ4v) is 1.66. The molecule has 7 heteroatoms. The molecule has 17 heavy (non-hydrogen) atoms. The quantitative estimate of drug-likeness (QED) is 0.799. The van der Waals surface area contributed by atoms with E-state index in [9.17, 15) is 9.59 Å². The number of rotatable bonds is 4. The molecule has 92 valence electrons. The molecular weight excluding hydrogens is 242 g/mol. The Kier molecular flexibility index (Phi) is 4.45. The van der Waals surface area contributed by atoms with Gasteiger partial charge in [0.15, 0.2) is 5.69 Å². The predicted molar refractivity (Wildman–Crippen MR) is 63.0 cm³/mol. The molecule has 1 unspecified atom stereocenters. The van der Waals surface area contributed by atoms with Crippen molar-refractivity contribution in [2.45, 2.75) is 17.2 Å². The van der Waals surface area contributed by atoms with Crippen LogP contribution in [0, 0.1) is 0 Å². The molecule has 1 atom stereocenters. The molecule has 6 nitrogen and oxygen atoms in total. The molecule has 1 aromatic rings. The van der Waals surface area contributed by atoms with Gasteiger partial charge in [-0.2, -0.15) is 0 Å². The van der Waals surface area contributed by atoms with Crippen LogP contribution < -0.4 is 0 Å². The van der Waals surface area contributed by atoms with Crippen LogP contribution >= 0.6 is 11.8 Å². The van der Waals surface area contributed by atoms with Gasteiger partial charge in [-0.15, -0.1) is 10.2 Å². The average molecular weight is 255 g/mol. The third kappa shape index (κ3) is 3.70. The minimum Gasteiger partial charge on any atom is -0.480 e. The van der Waals surface area contributed by atoms with E-state index in [4.69, 9.17) is 5.11 Å². The Morgan fingerprint density at radius 2 is 2.00 bits per heavy atom. The monoisotopic (exact) mass is 255 g/mol. The van der Waals surface area contributed by atoms with Gasteiger partial charge in [0, 0.05) is 14.1 Å². The second-order valence-corrected chi connectivity index (χ2v) is 4.92. The molecule has 1 heterocycles. The number of aliphatic carboxylic acids is 1. The second kappa shape index (κ2) is 5.62. The first-order valence-corrected chi connectivity index (χ1v) is 5.74. The van der Waals surface area contributed by atoms with E-state index in [1.54, 1.807) is 27.1 Å². The van der Waals surface area contributed by atoms with Gasteiger partial charge in [0.05, 0.1) is 0 Å². The van der Waals surface area contributed by atoms with Crippen LogP contribution in [0.3, 0.4) is 0 Å². The summed E-state index contributed by atoms with van der Waals surface area (Å²) in [4.78, 5) is 23.5. The van der Waals surface area contributed by atoms with Crippen molar-refractivity contribution in [1.29, 1.82) is 0 Å². The number of aromatic nitrogens is 2. The second-order valence-electron chi connectivity index (χ2n) is 3.55. The Hall–Kier alpha value is -1.63. The highest BCUT2D eigenvalue weighted by atomic mass is 32.2. The topological polar surface area (TPSA) is 83.4 Å². The van der Waals surface area contributed by atoms with Gasteiger partial charge >= 0.3 is 5.97 Å². The smallest absolute Gasteiger partial charge is 0.316 e. The van der Waals surface area contributed by atoms with Gasteiger partial charge in [-0.25, -0.2) is 0 Å². The van der Waals surface area contributed by atoms with Gasteiger partial charge in [-0.05, 0) is 19.1 Å². The van der Waals surface area contributed by atoms with Gasteiger partial charge in [-0.1, -0.05) is 11.8 Å². The number of amides is 1. The molecule has 0 aliphatic rings. The summed E-state index contributed by atoms with van der Waals surface area (Å²) in [6.07, 6.45) is 0. The van der Waals surface area contributed by atoms with Crippen molar-refractivity contribution in [2.75, 3.05) is 14.1 Å². The highest BCUT2D eigenvalue weighted by Gasteiger charge is 2.15. The van der Waals surface area contributed by atoms with Gasteiger partial charge in [0.25, 0.3) is 5.91 Å². The zero-order valence-corrected chi connectivity index (χ0v) is 10.6. The van der Waals surface area contributed by atoms with Crippen LogP contribution in [0.5, 0.6) is 0 Å². The number of thioether (sulfide) groups is 1. The van der Waals surface area contributed by atoms with Crippen LogP contribution in [-0.4, -0.2) is 51.4 Å². The lowest BCUT2D eigenvalue weighted by molar-refractivity contribution is -0.136. The molecule has 1 N–H and O–H groups in total. The van der Waals surface area contributed by atoms with Gasteiger partial charge in [0.2, 0.25) is 0 Å². The van der Waals surface area contributed by atoms with Crippen LogP contribution in [0.15, 0.2) is 17.2 Å². The first-order valence-electron chi connectivity index (χ1n) is 4.86. The van der Waals surface area contributed by atoms with Crippen molar-refractivity contribution >= 4 is 23.6 Å². The molecular formula is C10H13N3O3S. The van der Waals surface area contributed by atoms with Crippen LogP contribution in [0.4, 0.5) is 0 Å². The van der Waals surface area contributed by atoms with Crippen molar-refractivity contribution in [3.63, 3.8) is 0 Å². The summed E-state index contributed by atoms with van der Waals surface area (Å²) in [6.45, 7) is 1.56. The number of carboxylic acids is 1. The first kappa shape index (κ1) is 13.4. The molecule has 0 saturated heterocycles. The molecule has 0 aliphatic carbocycles. The number of carboxylic acid groups (broad SMARTS) is 1. The molecule has 0 saturated carbocycles. The highest BCUT2D eigenvalue weighted by molar-refractivity contribution is 8.00. The summed E-state index contributed by atoms with van der Waals surface area (Å²) in [5, 5.41) is 16.2. The Labute approximate surface area is 103 Å². The fourth-order valence-electron chi connectivity index (χ4n) is 0.958. The number of hydrogen-bond donors (Lipinski definition) is 1. The Balaban J connectivity index is 2.75. The summed E-state index contributed by atoms with van der Waals surface area (Å²) in [5.41, 5.74) is 0.238. The minimum atomic E-state index is -0.912. The maximum absolute atomic E-state index is 11.5. The van der Waals surface area contributed by atoms with Gasteiger partial charge < -0.3 is 10.0 Å². The fraction of sp³-hybridized carbons (Fsp3) is 0.400. The normalized spacial score (nSPS) is 11.9. The summed E-state index contributed by atoms with van der Waals surface area (Å²) >= 11 is 1.08. The standard InChI is InChI=1S/C10H13N3O3S/c1-6(10(15)16)17-8-5-4-7(11-12-8)9(14)13(2)3/h4-6H,1-3H3,(H,15,16). The van der Waals surface area contributed by atoms with E-state index in [1.165, 1.54) is 11.0 Å². The molecule has 0 radical (unpaired) electrons. The number of hydrogen-bond acceptors (Lipinski definition) is 5. The Morgan fingerprint density at radius 3 is 2.41 bits per heavy atom. The Bertz CT molecular complexity index is 419. The molecule has 1 amide bonds. The van der Waals surface area contributed by atoms with Crippen LogP contribution in [-0.2, 0) is 4.79 Å². The first-order chi connectivity index (χ1) is 7.91. The largest absolute Gasteiger partial charge is 0.480 e. The number of nitrogens with zero attached hydrogens (tertiary/aromatic N) is 3. The van der Waals surface area contributed by atoms with Crippen molar-refractivity contribution < 1.29 is 14.7 Å². The van der Waals surface area contributed by atoms with Crippen molar-refractivity contribution in [3.05, 3.63) is 17.8 Å². The highest BCUT2D eigenvalue weighted by Crippen LogP contribution is 2.20. The van der Waals surface area contributed by atoms with Gasteiger partial charge in [0.1, 0.15) is 10.3 Å². The van der Waals surface area contributed by atoms with E-state index < -0.39 is 11.2 Å². The zero-order valence-electron chi connectivity index (χ0n) is 9.75. The van der Waals surface area contributed by atoms with Gasteiger partial charge in [-0.3, -0.25) is 9.59 Å². The maximum atomic E-state index is 11.5. The lowest BCUT2D eigenvalue weighted by atomic mass is 10.3. The third-order valence-corrected chi connectivity index (χ3v) is 2.93. The molecule has 1 rings (SSSR count). The third-order valence-electron chi connectivity index (χ3n) is 1.91. The molecule has 1 aromatic heterocycles. The van der Waals surface area contributed by atoms with Crippen molar-refractivity contribution in [2.24, 2.45) is 0 Å². The Morgan fingerprint density at radius 1 is 1.35 bits per heavy atom. The van der Waals surface area contributed by atoms with E-state index in [0.717, 1.165) is 11.8 Å². The van der Waals surface area contributed by atoms with E-state index >= 15 is 0 Å². The van der Waals surface area contributed by atoms with Crippen molar-refractivity contribution in [1.82, 2.24) is 15.1 Å². The lowest BCUT2D eigenvalue weighted by Gasteiger charge is -2.09. The van der Waals surface area contributed by atoms with E-state index in [-0.39, 0.29) is 11.6 Å². The van der Waals surface area contributed by atoms with Crippen LogP contribution in [0.25, 0.3) is 0 Å². The van der Waals surface area contributed by atoms with E-state index in [2.05, 4.69) is 10.2 Å². The zero-order chi connectivity index (χ0) is 13.0. The molecule has 0 bridgehead atoms. The lowest BCUT2D eigenvalue weighted by Crippen LogP contribution is -2.23. The summed E-state index contributed by atoms with van der Waals surface area (Å²) in [6, 6.07) is 3.13. The molecule has 0 spiro atoms. The summed E-state index contributed by atoms with van der Waals surface area (Å²) < 4.78 is 0. The van der Waals surface area contributed by atoms with E-state index in [0.29, 0.717) is 5.03 Å². The average Bonchev–Trinajstić information content (AvgIpc) is 2.28. The summed E-state index contributed by atoms with van der Waals surface area (Å²) in [7, 11) is 3.25. The van der Waals surface area contributed by atoms with E-state index in [1.807, 2.05) is 0 Å².